The lowest BCUT2D eigenvalue weighted by Crippen LogP contribution is -2.30. The molecule has 6 heteroatoms. The molecule has 0 bridgehead atoms. The quantitative estimate of drug-likeness (QED) is 0.0199. The summed E-state index contributed by atoms with van der Waals surface area (Å²) in [5, 5.41) is 0. The number of esters is 3. The Morgan fingerprint density at radius 2 is 0.631 bits per heavy atom. The van der Waals surface area contributed by atoms with Gasteiger partial charge < -0.3 is 14.2 Å². The summed E-state index contributed by atoms with van der Waals surface area (Å²) in [5.41, 5.74) is 0. The fraction of sp³-hybridized carbons (Fsp3) is 0.576. The van der Waals surface area contributed by atoms with Crippen LogP contribution in [0.1, 0.15) is 201 Å². The summed E-state index contributed by atoms with van der Waals surface area (Å²) in [7, 11) is 0. The first kappa shape index (κ1) is 60.5. The van der Waals surface area contributed by atoms with Crippen molar-refractivity contribution in [2.75, 3.05) is 13.2 Å². The topological polar surface area (TPSA) is 78.9 Å². The molecule has 6 nitrogen and oxygen atoms in total. The Balaban J connectivity index is 4.54. The molecule has 0 heterocycles. The molecule has 0 aliphatic heterocycles. The van der Waals surface area contributed by atoms with E-state index in [1.165, 1.54) is 44.9 Å². The van der Waals surface area contributed by atoms with Crippen molar-refractivity contribution in [3.8, 4) is 0 Å². The van der Waals surface area contributed by atoms with E-state index in [1.807, 2.05) is 72.9 Å². The molecule has 0 aliphatic rings. The maximum atomic E-state index is 12.8. The van der Waals surface area contributed by atoms with Crippen LogP contribution in [0.3, 0.4) is 0 Å². The molecule has 0 rings (SSSR count). The van der Waals surface area contributed by atoms with Crippen LogP contribution in [0.2, 0.25) is 0 Å². The lowest BCUT2D eigenvalue weighted by atomic mass is 10.1. The largest absolute Gasteiger partial charge is 0.462 e. The minimum absolute atomic E-state index is 0.113. The molecule has 0 saturated carbocycles. The van der Waals surface area contributed by atoms with Crippen molar-refractivity contribution >= 4 is 17.9 Å². The summed E-state index contributed by atoms with van der Waals surface area (Å²) in [4.78, 5) is 37.9. The van der Waals surface area contributed by atoms with Gasteiger partial charge in [0.1, 0.15) is 13.2 Å². The van der Waals surface area contributed by atoms with Crippen LogP contribution in [0.4, 0.5) is 0 Å². The molecule has 1 unspecified atom stereocenters. The Labute approximate surface area is 398 Å². The van der Waals surface area contributed by atoms with Gasteiger partial charge in [-0.1, -0.05) is 231 Å². The van der Waals surface area contributed by atoms with E-state index in [1.54, 1.807) is 0 Å². The number of allylic oxidation sites excluding steroid dienone is 22. The third kappa shape index (κ3) is 50.4. The van der Waals surface area contributed by atoms with Crippen LogP contribution in [0, 0.1) is 0 Å². The molecule has 65 heavy (non-hydrogen) atoms. The van der Waals surface area contributed by atoms with Crippen molar-refractivity contribution in [1.29, 1.82) is 0 Å². The summed E-state index contributed by atoms with van der Waals surface area (Å²) >= 11 is 0. The van der Waals surface area contributed by atoms with Crippen LogP contribution >= 0.6 is 0 Å². The molecule has 0 aliphatic carbocycles. The normalized spacial score (nSPS) is 13.2. The first-order chi connectivity index (χ1) is 32.0. The highest BCUT2D eigenvalue weighted by atomic mass is 16.6. The fourth-order valence-electron chi connectivity index (χ4n) is 6.46. The van der Waals surface area contributed by atoms with Crippen molar-refractivity contribution in [3.63, 3.8) is 0 Å². The van der Waals surface area contributed by atoms with Gasteiger partial charge in [-0.3, -0.25) is 14.4 Å². The second kappa shape index (κ2) is 52.2. The third-order valence-corrected chi connectivity index (χ3v) is 10.4. The Morgan fingerprint density at radius 3 is 1.05 bits per heavy atom. The Morgan fingerprint density at radius 1 is 0.323 bits per heavy atom. The summed E-state index contributed by atoms with van der Waals surface area (Å²) < 4.78 is 16.7. The zero-order valence-electron chi connectivity index (χ0n) is 41.4. The van der Waals surface area contributed by atoms with Crippen LogP contribution in [0.15, 0.2) is 134 Å². The van der Waals surface area contributed by atoms with Gasteiger partial charge in [-0.15, -0.1) is 0 Å². The van der Waals surface area contributed by atoms with Crippen LogP contribution in [0.5, 0.6) is 0 Å². The fourth-order valence-corrected chi connectivity index (χ4v) is 6.46. The Hall–Kier alpha value is -4.45. The van der Waals surface area contributed by atoms with Crippen molar-refractivity contribution in [2.45, 2.75) is 207 Å². The molecule has 0 N–H and O–H groups in total. The minimum Gasteiger partial charge on any atom is -0.462 e. The predicted molar refractivity (Wildman–Crippen MR) is 279 cm³/mol. The molecule has 0 fully saturated rings. The zero-order chi connectivity index (χ0) is 47.2. The second-order valence-corrected chi connectivity index (χ2v) is 16.6. The molecule has 0 amide bonds. The van der Waals surface area contributed by atoms with Gasteiger partial charge in [-0.25, -0.2) is 0 Å². The smallest absolute Gasteiger partial charge is 0.306 e. The molecule has 0 spiro atoms. The van der Waals surface area contributed by atoms with Crippen LogP contribution < -0.4 is 0 Å². The Bertz CT molecular complexity index is 1450. The molecule has 0 aromatic heterocycles. The number of hydrogen-bond donors (Lipinski definition) is 0. The average molecular weight is 897 g/mol. The zero-order valence-corrected chi connectivity index (χ0v) is 41.4. The van der Waals surface area contributed by atoms with Crippen molar-refractivity contribution in [1.82, 2.24) is 0 Å². The SMILES string of the molecule is CC\C=C/C=C\C=C/C=C\C=C\C=C/C=C\CCCCCC(=O)OCC(COC(=O)CCCCCC/C=C\CCCC)OC(=O)CCCCCCC\C=C/C=C\C=C/CCCCCCC. The highest BCUT2D eigenvalue weighted by Gasteiger charge is 2.19. The number of carbonyl (C=O) groups excluding carboxylic acids is 3. The lowest BCUT2D eigenvalue weighted by molar-refractivity contribution is -0.167. The van der Waals surface area contributed by atoms with Crippen LogP contribution in [-0.2, 0) is 28.6 Å². The number of unbranched alkanes of at least 4 members (excludes halogenated alkanes) is 19. The molecule has 364 valence electrons. The maximum Gasteiger partial charge on any atom is 0.306 e. The van der Waals surface area contributed by atoms with Gasteiger partial charge in [0.05, 0.1) is 0 Å². The van der Waals surface area contributed by atoms with E-state index in [0.29, 0.717) is 12.8 Å². The first-order valence-electron chi connectivity index (χ1n) is 25.8. The van der Waals surface area contributed by atoms with E-state index in [4.69, 9.17) is 14.2 Å². The summed E-state index contributed by atoms with van der Waals surface area (Å²) in [6.45, 7) is 6.34. The van der Waals surface area contributed by atoms with Crippen molar-refractivity contribution < 1.29 is 28.6 Å². The maximum absolute atomic E-state index is 12.8. The molecular weight excluding hydrogens is 805 g/mol. The Kier molecular flexibility index (Phi) is 48.6. The first-order valence-corrected chi connectivity index (χ1v) is 25.8. The van der Waals surface area contributed by atoms with Gasteiger partial charge in [0.2, 0.25) is 0 Å². The van der Waals surface area contributed by atoms with Crippen molar-refractivity contribution in [2.24, 2.45) is 0 Å². The van der Waals surface area contributed by atoms with Gasteiger partial charge in [-0.05, 0) is 83.5 Å². The van der Waals surface area contributed by atoms with Gasteiger partial charge >= 0.3 is 17.9 Å². The third-order valence-electron chi connectivity index (χ3n) is 10.4. The lowest BCUT2D eigenvalue weighted by Gasteiger charge is -2.18. The standard InChI is InChI=1S/C59H92O6/c1-4-7-10-13-16-19-22-24-26-28-30-32-33-35-37-40-43-46-49-52-58(61)64-55-56(54-63-57(60)51-48-45-42-39-21-18-15-12-9-6-3)65-59(62)53-50-47-44-41-38-36-34-31-29-27-25-23-20-17-14-11-8-5-2/h7,10,13,15-16,18-19,22-35,37,56H,4-6,8-9,11-12,14,17,20-21,36,38-55H2,1-3H3/b10-7-,16-13-,18-15-,22-19-,25-23-,26-24-,29-27-,30-28+,33-32-,34-31-,37-35-. The number of rotatable bonds is 44. The van der Waals surface area contributed by atoms with E-state index in [9.17, 15) is 14.4 Å². The second-order valence-electron chi connectivity index (χ2n) is 16.6. The molecule has 0 aromatic carbocycles. The van der Waals surface area contributed by atoms with E-state index in [0.717, 1.165) is 116 Å². The summed E-state index contributed by atoms with van der Waals surface area (Å²) in [6.07, 6.45) is 72.8. The van der Waals surface area contributed by atoms with Gasteiger partial charge in [0.15, 0.2) is 6.10 Å². The van der Waals surface area contributed by atoms with Crippen LogP contribution in [-0.4, -0.2) is 37.2 Å². The molecule has 1 atom stereocenters. The monoisotopic (exact) mass is 897 g/mol. The van der Waals surface area contributed by atoms with Crippen molar-refractivity contribution in [3.05, 3.63) is 134 Å². The molecule has 0 radical (unpaired) electrons. The highest BCUT2D eigenvalue weighted by Crippen LogP contribution is 2.12. The van der Waals surface area contributed by atoms with E-state index in [-0.39, 0.29) is 37.5 Å². The minimum atomic E-state index is -0.817. The van der Waals surface area contributed by atoms with E-state index in [2.05, 4.69) is 81.5 Å². The molecular formula is C59H92O6. The highest BCUT2D eigenvalue weighted by molar-refractivity contribution is 5.71. The molecule has 0 aromatic rings. The predicted octanol–water partition coefficient (Wildman–Crippen LogP) is 17.1. The van der Waals surface area contributed by atoms with Gasteiger partial charge in [0.25, 0.3) is 0 Å². The van der Waals surface area contributed by atoms with Gasteiger partial charge in [-0.2, -0.15) is 0 Å². The number of carbonyl (C=O) groups is 3. The summed E-state index contributed by atoms with van der Waals surface area (Å²) in [6, 6.07) is 0. The van der Waals surface area contributed by atoms with E-state index < -0.39 is 6.10 Å². The summed E-state index contributed by atoms with van der Waals surface area (Å²) in [5.74, 6) is -1.00. The number of ether oxygens (including phenoxy) is 3. The number of hydrogen-bond acceptors (Lipinski definition) is 6. The van der Waals surface area contributed by atoms with Gasteiger partial charge in [0, 0.05) is 19.3 Å². The average Bonchev–Trinajstić information content (AvgIpc) is 3.30. The molecule has 0 saturated heterocycles. The van der Waals surface area contributed by atoms with E-state index >= 15 is 0 Å². The van der Waals surface area contributed by atoms with Crippen LogP contribution in [0.25, 0.3) is 0 Å².